The largest absolute Gasteiger partial charge is 0.465 e. The van der Waals surface area contributed by atoms with Crippen LogP contribution >= 0.6 is 22.9 Å². The van der Waals surface area contributed by atoms with Crippen molar-refractivity contribution in [2.45, 2.75) is 25.4 Å². The Morgan fingerprint density at radius 3 is 2.81 bits per heavy atom. The lowest BCUT2D eigenvalue weighted by Gasteiger charge is -2.17. The molecule has 2 amide bonds. The summed E-state index contributed by atoms with van der Waals surface area (Å²) in [7, 11) is 0. The number of carbonyl (C=O) groups excluding carboxylic acids is 1. The second-order valence-electron chi connectivity index (χ2n) is 7.03. The fourth-order valence-electron chi connectivity index (χ4n) is 3.25. The van der Waals surface area contributed by atoms with Crippen molar-refractivity contribution < 1.29 is 14.7 Å². The molecule has 1 saturated heterocycles. The number of carboxylic acid groups (broad SMARTS) is 1. The van der Waals surface area contributed by atoms with Crippen molar-refractivity contribution in [2.24, 2.45) is 0 Å². The Balaban J connectivity index is 1.45. The van der Waals surface area contributed by atoms with Crippen LogP contribution in [0.1, 0.15) is 24.3 Å². The van der Waals surface area contributed by atoms with Gasteiger partial charge in [0.15, 0.2) is 0 Å². The zero-order chi connectivity index (χ0) is 22.0. The van der Waals surface area contributed by atoms with Gasteiger partial charge in [0.1, 0.15) is 10.8 Å². The molecule has 3 heterocycles. The van der Waals surface area contributed by atoms with Gasteiger partial charge < -0.3 is 15.7 Å². The van der Waals surface area contributed by atoms with Gasteiger partial charge in [-0.2, -0.15) is 4.98 Å². The van der Waals surface area contributed by atoms with E-state index in [1.807, 2.05) is 37.4 Å². The third kappa shape index (κ3) is 4.92. The number of rotatable bonds is 6. The van der Waals surface area contributed by atoms with Gasteiger partial charge in [-0.3, -0.25) is 9.69 Å². The molecular weight excluding hydrogens is 440 g/mol. The Morgan fingerprint density at radius 2 is 2.06 bits per heavy atom. The summed E-state index contributed by atoms with van der Waals surface area (Å²) >= 11 is 7.50. The molecule has 1 aromatic carbocycles. The summed E-state index contributed by atoms with van der Waals surface area (Å²) in [5, 5.41) is 16.0. The Labute approximate surface area is 187 Å². The van der Waals surface area contributed by atoms with Gasteiger partial charge in [0.05, 0.1) is 12.1 Å². The van der Waals surface area contributed by atoms with Gasteiger partial charge in [0.2, 0.25) is 11.9 Å². The van der Waals surface area contributed by atoms with E-state index in [-0.39, 0.29) is 24.9 Å². The highest BCUT2D eigenvalue weighted by molar-refractivity contribution is 7.15. The fraction of sp³-hybridized carbons (Fsp3) is 0.250. The molecule has 11 heteroatoms. The van der Waals surface area contributed by atoms with Crippen molar-refractivity contribution in [1.82, 2.24) is 20.3 Å². The molecule has 0 aliphatic carbocycles. The standard InChI is InChI=1S/C20H19ClN6O3S/c1-11(15-9-23-18(31-15)12-2-4-13(21)5-3-12)24-19-22-7-6-16(26-19)27-10-14(8-17(27)28)25-20(29)30/h2-7,9,11,14,25H,8,10H2,1H3,(H,29,30)(H,22,24,26)/t11-,14-/m0/s1. The van der Waals surface area contributed by atoms with Crippen LogP contribution in [0.2, 0.25) is 5.02 Å². The highest BCUT2D eigenvalue weighted by Gasteiger charge is 2.32. The first-order valence-corrected chi connectivity index (χ1v) is 10.7. The summed E-state index contributed by atoms with van der Waals surface area (Å²) in [6.07, 6.45) is 2.32. The Kier molecular flexibility index (Phi) is 6.01. The predicted molar refractivity (Wildman–Crippen MR) is 119 cm³/mol. The van der Waals surface area contributed by atoms with Crippen molar-refractivity contribution in [3.05, 3.63) is 52.6 Å². The molecule has 31 heavy (non-hydrogen) atoms. The van der Waals surface area contributed by atoms with Crippen molar-refractivity contribution in [3.8, 4) is 10.6 Å². The Bertz CT molecular complexity index is 1110. The molecular formula is C20H19ClN6O3S. The molecule has 4 rings (SSSR count). The van der Waals surface area contributed by atoms with E-state index in [4.69, 9.17) is 16.7 Å². The highest BCUT2D eigenvalue weighted by atomic mass is 35.5. The highest BCUT2D eigenvalue weighted by Crippen LogP contribution is 2.31. The SMILES string of the molecule is C[C@H](Nc1nccc(N2C[C@@H](NC(=O)O)CC2=O)n1)c1cnc(-c2ccc(Cl)cc2)s1. The number of halogens is 1. The van der Waals surface area contributed by atoms with E-state index in [0.29, 0.717) is 16.8 Å². The first kappa shape index (κ1) is 21.0. The molecule has 9 nitrogen and oxygen atoms in total. The van der Waals surface area contributed by atoms with E-state index in [9.17, 15) is 9.59 Å². The van der Waals surface area contributed by atoms with Crippen LogP contribution in [0.4, 0.5) is 16.6 Å². The number of nitrogens with zero attached hydrogens (tertiary/aromatic N) is 4. The van der Waals surface area contributed by atoms with E-state index in [2.05, 4.69) is 25.6 Å². The van der Waals surface area contributed by atoms with Crippen molar-refractivity contribution in [1.29, 1.82) is 0 Å². The quantitative estimate of drug-likeness (QED) is 0.513. The number of hydrogen-bond donors (Lipinski definition) is 3. The number of thiazole rings is 1. The molecule has 0 radical (unpaired) electrons. The van der Waals surface area contributed by atoms with Gasteiger partial charge in [-0.05, 0) is 25.1 Å². The van der Waals surface area contributed by atoms with Gasteiger partial charge >= 0.3 is 6.09 Å². The molecule has 1 aliphatic heterocycles. The van der Waals surface area contributed by atoms with Crippen molar-refractivity contribution >= 4 is 46.7 Å². The van der Waals surface area contributed by atoms with E-state index in [1.165, 1.54) is 4.90 Å². The molecule has 3 N–H and O–H groups in total. The minimum Gasteiger partial charge on any atom is -0.465 e. The number of carbonyl (C=O) groups is 2. The predicted octanol–water partition coefficient (Wildman–Crippen LogP) is 3.80. The first-order chi connectivity index (χ1) is 14.9. The average molecular weight is 459 g/mol. The van der Waals surface area contributed by atoms with Gasteiger partial charge in [0.25, 0.3) is 0 Å². The number of amides is 2. The lowest BCUT2D eigenvalue weighted by molar-refractivity contribution is -0.117. The summed E-state index contributed by atoms with van der Waals surface area (Å²) in [6.45, 7) is 2.21. The minimum atomic E-state index is -1.15. The van der Waals surface area contributed by atoms with Gasteiger partial charge in [-0.25, -0.2) is 14.8 Å². The van der Waals surface area contributed by atoms with Crippen LogP contribution in [-0.2, 0) is 4.79 Å². The molecule has 160 valence electrons. The van der Waals surface area contributed by atoms with Crippen LogP contribution in [0, 0.1) is 0 Å². The summed E-state index contributed by atoms with van der Waals surface area (Å²) < 4.78 is 0. The zero-order valence-corrected chi connectivity index (χ0v) is 18.0. The van der Waals surface area contributed by atoms with Crippen LogP contribution in [0.5, 0.6) is 0 Å². The smallest absolute Gasteiger partial charge is 0.404 e. The van der Waals surface area contributed by atoms with E-state index >= 15 is 0 Å². The molecule has 0 saturated carbocycles. The molecule has 1 aliphatic rings. The average Bonchev–Trinajstić information content (AvgIpc) is 3.35. The number of anilines is 2. The van der Waals surface area contributed by atoms with E-state index in [1.54, 1.807) is 23.6 Å². The molecule has 0 spiro atoms. The monoisotopic (exact) mass is 458 g/mol. The third-order valence-corrected chi connectivity index (χ3v) is 6.24. The maximum absolute atomic E-state index is 12.3. The summed E-state index contributed by atoms with van der Waals surface area (Å²) in [5.41, 5.74) is 0.989. The normalized spacial score (nSPS) is 16.9. The van der Waals surface area contributed by atoms with E-state index in [0.717, 1.165) is 15.4 Å². The fourth-order valence-corrected chi connectivity index (χ4v) is 4.30. The van der Waals surface area contributed by atoms with Gasteiger partial charge in [0, 0.05) is 40.8 Å². The topological polar surface area (TPSA) is 120 Å². The number of hydrogen-bond acceptors (Lipinski definition) is 7. The number of benzene rings is 1. The molecule has 3 aromatic rings. The Morgan fingerprint density at radius 1 is 1.29 bits per heavy atom. The third-order valence-electron chi connectivity index (χ3n) is 4.76. The van der Waals surface area contributed by atoms with Crippen LogP contribution in [0.3, 0.4) is 0 Å². The van der Waals surface area contributed by atoms with E-state index < -0.39 is 12.1 Å². The zero-order valence-electron chi connectivity index (χ0n) is 16.4. The van der Waals surface area contributed by atoms with Crippen molar-refractivity contribution in [2.75, 3.05) is 16.8 Å². The lowest BCUT2D eigenvalue weighted by Crippen LogP contribution is -2.36. The maximum Gasteiger partial charge on any atom is 0.404 e. The summed E-state index contributed by atoms with van der Waals surface area (Å²) in [4.78, 5) is 38.7. The molecule has 2 aromatic heterocycles. The molecule has 0 unspecified atom stereocenters. The van der Waals surface area contributed by atoms with Crippen LogP contribution < -0.4 is 15.5 Å². The second-order valence-corrected chi connectivity index (χ2v) is 8.53. The minimum absolute atomic E-state index is 0.101. The maximum atomic E-state index is 12.3. The van der Waals surface area contributed by atoms with Crippen LogP contribution in [0.15, 0.2) is 42.7 Å². The molecule has 1 fully saturated rings. The Hall–Kier alpha value is -3.24. The summed E-state index contributed by atoms with van der Waals surface area (Å²) in [5.74, 6) is 0.607. The molecule has 0 bridgehead atoms. The molecule has 2 atom stereocenters. The van der Waals surface area contributed by atoms with Crippen LogP contribution in [0.25, 0.3) is 10.6 Å². The van der Waals surface area contributed by atoms with Gasteiger partial charge in [-0.1, -0.05) is 23.7 Å². The summed E-state index contributed by atoms with van der Waals surface area (Å²) in [6, 6.07) is 8.57. The first-order valence-electron chi connectivity index (χ1n) is 9.50. The second kappa shape index (κ2) is 8.86. The number of nitrogens with one attached hydrogen (secondary N) is 2. The van der Waals surface area contributed by atoms with Crippen molar-refractivity contribution in [3.63, 3.8) is 0 Å². The van der Waals surface area contributed by atoms with Crippen LogP contribution in [-0.4, -0.2) is 44.6 Å². The lowest BCUT2D eigenvalue weighted by atomic mass is 10.2. The van der Waals surface area contributed by atoms with Gasteiger partial charge in [-0.15, -0.1) is 11.3 Å². The number of aromatic nitrogens is 3.